The van der Waals surface area contributed by atoms with Crippen molar-refractivity contribution in [3.63, 3.8) is 0 Å². The Morgan fingerprint density at radius 3 is 2.73 bits per heavy atom. The number of likely N-dealkylation sites (tertiary alicyclic amines) is 2. The molecule has 26 heavy (non-hydrogen) atoms. The number of unbranched alkanes of at least 4 members (excludes halogenated alkanes) is 1. The van der Waals surface area contributed by atoms with E-state index in [0.717, 1.165) is 42.5 Å². The zero-order chi connectivity index (χ0) is 18.6. The van der Waals surface area contributed by atoms with Gasteiger partial charge in [-0.2, -0.15) is 0 Å². The monoisotopic (exact) mass is 378 g/mol. The molecule has 0 radical (unpaired) electrons. The van der Waals surface area contributed by atoms with Crippen LogP contribution in [0.3, 0.4) is 0 Å². The third kappa shape index (κ3) is 4.75. The van der Waals surface area contributed by atoms with Gasteiger partial charge in [-0.1, -0.05) is 25.1 Å². The summed E-state index contributed by atoms with van der Waals surface area (Å²) >= 11 is 1.71. The lowest BCUT2D eigenvalue weighted by Crippen LogP contribution is -2.60. The molecule has 2 unspecified atom stereocenters. The number of piperidine rings is 2. The van der Waals surface area contributed by atoms with E-state index in [1.165, 1.54) is 12.8 Å². The Bertz CT molecular complexity index is 612. The van der Waals surface area contributed by atoms with Gasteiger partial charge in [-0.3, -0.25) is 9.69 Å². The number of rotatable bonds is 6. The molecule has 0 saturated carbocycles. The van der Waals surface area contributed by atoms with Crippen LogP contribution in [-0.4, -0.2) is 68.3 Å². The molecule has 0 aliphatic carbocycles. The second-order valence-corrected chi connectivity index (χ2v) is 8.64. The summed E-state index contributed by atoms with van der Waals surface area (Å²) < 4.78 is 0. The minimum Gasteiger partial charge on any atom is -0.389 e. The van der Waals surface area contributed by atoms with Crippen molar-refractivity contribution in [3.05, 3.63) is 18.0 Å². The largest absolute Gasteiger partial charge is 0.389 e. The average Bonchev–Trinajstić information content (AvgIpc) is 2.63. The van der Waals surface area contributed by atoms with Gasteiger partial charge in [0.05, 0.1) is 5.60 Å². The summed E-state index contributed by atoms with van der Waals surface area (Å²) in [5.74, 6) is 1.29. The topological polar surface area (TPSA) is 69.6 Å². The highest BCUT2D eigenvalue weighted by molar-refractivity contribution is 7.99. The molecule has 1 amide bonds. The molecule has 1 aromatic rings. The molecule has 0 bridgehead atoms. The van der Waals surface area contributed by atoms with Crippen LogP contribution in [0.1, 0.15) is 45.1 Å². The molecule has 6 nitrogen and oxygen atoms in total. The average molecular weight is 379 g/mol. The minimum absolute atomic E-state index is 0.105. The van der Waals surface area contributed by atoms with Gasteiger partial charge in [0.15, 0.2) is 5.16 Å². The summed E-state index contributed by atoms with van der Waals surface area (Å²) in [6, 6.07) is 0. The molecule has 2 aliphatic heterocycles. The van der Waals surface area contributed by atoms with E-state index in [1.54, 1.807) is 18.7 Å². The van der Waals surface area contributed by atoms with Crippen LogP contribution in [0.15, 0.2) is 17.6 Å². The zero-order valence-corrected chi connectivity index (χ0v) is 16.7. The van der Waals surface area contributed by atoms with Gasteiger partial charge in [0.1, 0.15) is 0 Å². The fourth-order valence-corrected chi connectivity index (χ4v) is 4.74. The van der Waals surface area contributed by atoms with E-state index in [2.05, 4.69) is 21.8 Å². The smallest absolute Gasteiger partial charge is 0.219 e. The van der Waals surface area contributed by atoms with Crippen molar-refractivity contribution in [1.82, 2.24) is 19.8 Å². The van der Waals surface area contributed by atoms with Crippen LogP contribution in [0, 0.1) is 5.92 Å². The molecule has 2 aliphatic rings. The zero-order valence-electron chi connectivity index (χ0n) is 15.9. The fourth-order valence-electron chi connectivity index (χ4n) is 3.87. The number of thioether (sulfide) groups is 1. The van der Waals surface area contributed by atoms with Gasteiger partial charge in [0.2, 0.25) is 5.91 Å². The van der Waals surface area contributed by atoms with Crippen LogP contribution in [0.4, 0.5) is 0 Å². The minimum atomic E-state index is -0.612. The van der Waals surface area contributed by atoms with E-state index in [9.17, 15) is 9.90 Å². The van der Waals surface area contributed by atoms with E-state index in [-0.39, 0.29) is 11.8 Å². The second-order valence-electron chi connectivity index (χ2n) is 7.58. The Kier molecular flexibility index (Phi) is 6.53. The molecular weight excluding hydrogens is 348 g/mol. The number of hydrogen-bond acceptors (Lipinski definition) is 6. The maximum absolute atomic E-state index is 11.7. The van der Waals surface area contributed by atoms with Crippen LogP contribution < -0.4 is 0 Å². The van der Waals surface area contributed by atoms with Crippen molar-refractivity contribution < 1.29 is 9.90 Å². The predicted octanol–water partition coefficient (Wildman–Crippen LogP) is 2.17. The van der Waals surface area contributed by atoms with Crippen LogP contribution in [0.2, 0.25) is 0 Å². The van der Waals surface area contributed by atoms with Gasteiger partial charge in [-0.05, 0) is 19.3 Å². The van der Waals surface area contributed by atoms with Gasteiger partial charge in [0.25, 0.3) is 0 Å². The van der Waals surface area contributed by atoms with Crippen molar-refractivity contribution in [2.45, 2.75) is 56.8 Å². The molecule has 3 rings (SSSR count). The number of amides is 1. The number of hydrogen-bond donors (Lipinski definition) is 1. The lowest BCUT2D eigenvalue weighted by molar-refractivity contribution is -0.145. The summed E-state index contributed by atoms with van der Waals surface area (Å²) in [4.78, 5) is 24.8. The number of fused-ring (bicyclic) bond motifs is 1. The maximum atomic E-state index is 11.7. The third-order valence-electron chi connectivity index (χ3n) is 5.62. The highest BCUT2D eigenvalue weighted by Crippen LogP contribution is 2.35. The van der Waals surface area contributed by atoms with Crippen molar-refractivity contribution in [2.24, 2.45) is 5.92 Å². The first-order chi connectivity index (χ1) is 12.5. The van der Waals surface area contributed by atoms with Gasteiger partial charge < -0.3 is 10.0 Å². The number of carbonyl (C=O) groups excluding carboxylic acids is 1. The molecule has 1 N–H and O–H groups in total. The Morgan fingerprint density at radius 2 is 2.04 bits per heavy atom. The molecule has 0 aromatic carbocycles. The van der Waals surface area contributed by atoms with E-state index in [4.69, 9.17) is 0 Å². The van der Waals surface area contributed by atoms with Crippen molar-refractivity contribution in [1.29, 1.82) is 0 Å². The highest BCUT2D eigenvalue weighted by Gasteiger charge is 2.45. The van der Waals surface area contributed by atoms with Crippen LogP contribution in [-0.2, 0) is 11.3 Å². The first kappa shape index (κ1) is 19.6. The van der Waals surface area contributed by atoms with E-state index in [1.807, 2.05) is 17.3 Å². The summed E-state index contributed by atoms with van der Waals surface area (Å²) in [5, 5.41) is 11.8. The molecule has 1 aromatic heterocycles. The molecule has 0 spiro atoms. The molecular formula is C19H30N4O2S. The number of aliphatic hydroxyl groups is 1. The van der Waals surface area contributed by atoms with Gasteiger partial charge >= 0.3 is 0 Å². The Labute approximate surface area is 160 Å². The first-order valence-electron chi connectivity index (χ1n) is 9.64. The Hall–Kier alpha value is -1.18. The summed E-state index contributed by atoms with van der Waals surface area (Å²) in [5.41, 5.74) is 0.494. The van der Waals surface area contributed by atoms with Gasteiger partial charge in [-0.15, -0.1) is 0 Å². The number of aromatic nitrogens is 2. The molecule has 144 valence electrons. The molecule has 2 atom stereocenters. The molecule has 3 heterocycles. The van der Waals surface area contributed by atoms with Crippen LogP contribution in [0.25, 0.3) is 0 Å². The van der Waals surface area contributed by atoms with Crippen molar-refractivity contribution in [2.75, 3.05) is 31.9 Å². The van der Waals surface area contributed by atoms with E-state index >= 15 is 0 Å². The lowest BCUT2D eigenvalue weighted by Gasteiger charge is -2.50. The van der Waals surface area contributed by atoms with Gasteiger partial charge in [-0.25, -0.2) is 9.97 Å². The molecule has 7 heteroatoms. The molecule has 2 fully saturated rings. The Balaban J connectivity index is 1.55. The van der Waals surface area contributed by atoms with Crippen molar-refractivity contribution in [3.8, 4) is 0 Å². The highest BCUT2D eigenvalue weighted by atomic mass is 32.2. The fraction of sp³-hybridized carbons (Fsp3) is 0.737. The summed E-state index contributed by atoms with van der Waals surface area (Å²) in [6.07, 6.45) is 7.68. The van der Waals surface area contributed by atoms with E-state index < -0.39 is 5.60 Å². The maximum Gasteiger partial charge on any atom is 0.219 e. The standard InChI is InChI=1S/C19H30N4O2S/c1-3-4-9-26-18-20-10-16(11-21-18)12-22-7-5-19(25)6-8-23(15(2)24)14-17(19)13-22/h10-11,17,25H,3-9,12-14H2,1-2H3. The number of nitrogens with zero attached hydrogens (tertiary/aromatic N) is 4. The predicted molar refractivity (Wildman–Crippen MR) is 103 cm³/mol. The van der Waals surface area contributed by atoms with Crippen molar-refractivity contribution >= 4 is 17.7 Å². The Morgan fingerprint density at radius 1 is 1.31 bits per heavy atom. The SMILES string of the molecule is CCCCSc1ncc(CN2CCC3(O)CCN(C(C)=O)CC3C2)cn1. The first-order valence-corrected chi connectivity index (χ1v) is 10.6. The quantitative estimate of drug-likeness (QED) is 0.465. The number of carbonyl (C=O) groups is 1. The normalized spacial score (nSPS) is 26.6. The second kappa shape index (κ2) is 8.67. The third-order valence-corrected chi connectivity index (χ3v) is 6.58. The summed E-state index contributed by atoms with van der Waals surface area (Å²) in [7, 11) is 0. The van der Waals surface area contributed by atoms with Gasteiger partial charge in [0, 0.05) is 69.3 Å². The van der Waals surface area contributed by atoms with Crippen LogP contribution in [0.5, 0.6) is 0 Å². The lowest BCUT2D eigenvalue weighted by atomic mass is 9.75. The summed E-state index contributed by atoms with van der Waals surface area (Å²) in [6.45, 7) is 7.62. The van der Waals surface area contributed by atoms with Crippen LogP contribution >= 0.6 is 11.8 Å². The molecule has 2 saturated heterocycles. The van der Waals surface area contributed by atoms with E-state index in [0.29, 0.717) is 19.5 Å².